The number of nitrogen functional groups attached to an aromatic ring is 1. The lowest BCUT2D eigenvalue weighted by Gasteiger charge is -2.24. The minimum Gasteiger partial charge on any atom is -0.384 e. The summed E-state index contributed by atoms with van der Waals surface area (Å²) in [6, 6.07) is 19.1. The van der Waals surface area contributed by atoms with E-state index in [0.29, 0.717) is 34.5 Å². The van der Waals surface area contributed by atoms with Gasteiger partial charge in [0.15, 0.2) is 0 Å². The Morgan fingerprint density at radius 3 is 2.41 bits per heavy atom. The molecule has 2 amide bonds. The maximum absolute atomic E-state index is 13.0. The van der Waals surface area contributed by atoms with Crippen LogP contribution in [0.1, 0.15) is 18.4 Å². The van der Waals surface area contributed by atoms with Crippen LogP contribution in [0.4, 0.5) is 11.4 Å². The molecule has 1 heterocycles. The molecule has 1 atom stereocenters. The number of sulfonamides is 1. The minimum atomic E-state index is -3.90. The third-order valence-electron chi connectivity index (χ3n) is 5.61. The molecule has 1 saturated heterocycles. The highest BCUT2D eigenvalue weighted by Gasteiger charge is 2.37. The summed E-state index contributed by atoms with van der Waals surface area (Å²) in [6.45, 7) is 0. The fourth-order valence-electron chi connectivity index (χ4n) is 3.99. The zero-order valence-corrected chi connectivity index (χ0v) is 18.9. The highest BCUT2D eigenvalue weighted by atomic mass is 32.2. The first kappa shape index (κ1) is 23.1. The number of nitrogens with two attached hydrogens (primary N) is 2. The highest BCUT2D eigenvalue weighted by Crippen LogP contribution is 2.30. The monoisotopic (exact) mass is 477 g/mol. The maximum Gasteiger partial charge on any atom is 0.247 e. The molecule has 0 aliphatic carbocycles. The van der Waals surface area contributed by atoms with Crippen molar-refractivity contribution in [3.05, 3.63) is 78.4 Å². The van der Waals surface area contributed by atoms with Crippen LogP contribution in [-0.2, 0) is 19.6 Å². The van der Waals surface area contributed by atoms with Crippen molar-refractivity contribution in [1.29, 1.82) is 5.41 Å². The van der Waals surface area contributed by atoms with Crippen molar-refractivity contribution >= 4 is 39.0 Å². The first-order valence-corrected chi connectivity index (χ1v) is 12.0. The van der Waals surface area contributed by atoms with E-state index in [1.165, 1.54) is 11.0 Å². The fourth-order valence-corrected chi connectivity index (χ4v) is 4.75. The summed E-state index contributed by atoms with van der Waals surface area (Å²) < 4.78 is 23.8. The third-order valence-corrected chi connectivity index (χ3v) is 6.58. The molecular weight excluding hydrogens is 454 g/mol. The zero-order valence-electron chi connectivity index (χ0n) is 18.1. The molecule has 0 aromatic heterocycles. The van der Waals surface area contributed by atoms with Gasteiger partial charge in [0.25, 0.3) is 0 Å². The number of carbonyl (C=O) groups excluding carboxylic acids is 2. The summed E-state index contributed by atoms with van der Waals surface area (Å²) >= 11 is 0. The van der Waals surface area contributed by atoms with E-state index in [2.05, 4.69) is 5.32 Å². The Balaban J connectivity index is 1.55. The van der Waals surface area contributed by atoms with Crippen LogP contribution in [-0.4, -0.2) is 32.1 Å². The van der Waals surface area contributed by atoms with E-state index in [0.717, 1.165) is 0 Å². The van der Waals surface area contributed by atoms with E-state index in [4.69, 9.17) is 16.3 Å². The topological polar surface area (TPSA) is 159 Å². The number of amides is 2. The Hall–Kier alpha value is -4.02. The molecule has 1 fully saturated rings. The zero-order chi connectivity index (χ0) is 24.5. The van der Waals surface area contributed by atoms with Gasteiger partial charge in [0, 0.05) is 28.9 Å². The van der Waals surface area contributed by atoms with Gasteiger partial charge in [-0.1, -0.05) is 42.5 Å². The molecule has 0 radical (unpaired) electrons. The molecule has 6 N–H and O–H groups in total. The summed E-state index contributed by atoms with van der Waals surface area (Å²) in [4.78, 5) is 27.0. The van der Waals surface area contributed by atoms with Gasteiger partial charge in [-0.25, -0.2) is 13.6 Å². The Morgan fingerprint density at radius 1 is 1.03 bits per heavy atom. The molecule has 34 heavy (non-hydrogen) atoms. The first-order chi connectivity index (χ1) is 16.1. The lowest BCUT2D eigenvalue weighted by molar-refractivity contribution is -0.120. The number of hydrogen-bond acceptors (Lipinski definition) is 5. The second-order valence-corrected chi connectivity index (χ2v) is 9.42. The summed E-state index contributed by atoms with van der Waals surface area (Å²) in [7, 11) is -3.90. The Bertz CT molecular complexity index is 1390. The number of benzene rings is 3. The van der Waals surface area contributed by atoms with Gasteiger partial charge in [-0.15, -0.1) is 0 Å². The predicted molar refractivity (Wildman–Crippen MR) is 130 cm³/mol. The van der Waals surface area contributed by atoms with E-state index in [9.17, 15) is 18.0 Å². The molecule has 4 rings (SSSR count). The molecule has 0 saturated carbocycles. The van der Waals surface area contributed by atoms with Crippen LogP contribution in [0.15, 0.2) is 77.7 Å². The quantitative estimate of drug-likeness (QED) is 0.316. The van der Waals surface area contributed by atoms with Crippen molar-refractivity contribution in [2.75, 3.05) is 10.2 Å². The van der Waals surface area contributed by atoms with Gasteiger partial charge in [-0.3, -0.25) is 19.9 Å². The van der Waals surface area contributed by atoms with Crippen molar-refractivity contribution < 1.29 is 18.0 Å². The number of nitrogens with one attached hydrogen (secondary N) is 2. The SMILES string of the molecule is N=C(N)c1cccc(N2C(=O)CCC2C(=O)Nc2ccc(-c3ccccc3S(N)(=O)=O)cc2)c1. The average Bonchev–Trinajstić information content (AvgIpc) is 3.20. The molecular formula is C24H23N5O4S. The van der Waals surface area contributed by atoms with Crippen LogP contribution in [0.25, 0.3) is 11.1 Å². The molecule has 9 nitrogen and oxygen atoms in total. The number of hydrogen-bond donors (Lipinski definition) is 4. The number of rotatable bonds is 6. The molecule has 3 aromatic carbocycles. The second-order valence-electron chi connectivity index (χ2n) is 7.89. The van der Waals surface area contributed by atoms with E-state index in [1.807, 2.05) is 0 Å². The smallest absolute Gasteiger partial charge is 0.247 e. The van der Waals surface area contributed by atoms with Crippen molar-refractivity contribution in [1.82, 2.24) is 0 Å². The van der Waals surface area contributed by atoms with E-state index in [1.54, 1.807) is 66.7 Å². The van der Waals surface area contributed by atoms with Gasteiger partial charge >= 0.3 is 0 Å². The third kappa shape index (κ3) is 4.68. The van der Waals surface area contributed by atoms with Crippen molar-refractivity contribution in [3.63, 3.8) is 0 Å². The van der Waals surface area contributed by atoms with Crippen LogP contribution in [0, 0.1) is 5.41 Å². The number of anilines is 2. The summed E-state index contributed by atoms with van der Waals surface area (Å²) in [5.74, 6) is -0.661. The van der Waals surface area contributed by atoms with Crippen LogP contribution >= 0.6 is 0 Å². The van der Waals surface area contributed by atoms with Gasteiger partial charge in [0.1, 0.15) is 11.9 Å². The molecule has 10 heteroatoms. The van der Waals surface area contributed by atoms with Crippen LogP contribution in [0.3, 0.4) is 0 Å². The Kier molecular flexibility index (Phi) is 6.18. The van der Waals surface area contributed by atoms with Crippen molar-refractivity contribution in [2.24, 2.45) is 10.9 Å². The summed E-state index contributed by atoms with van der Waals surface area (Å²) in [6.07, 6.45) is 0.584. The highest BCUT2D eigenvalue weighted by molar-refractivity contribution is 7.89. The number of carbonyl (C=O) groups is 2. The van der Waals surface area contributed by atoms with Gasteiger partial charge < -0.3 is 11.1 Å². The number of amidine groups is 1. The van der Waals surface area contributed by atoms with Crippen molar-refractivity contribution in [3.8, 4) is 11.1 Å². The van der Waals surface area contributed by atoms with E-state index in [-0.39, 0.29) is 29.0 Å². The normalized spacial score (nSPS) is 15.9. The van der Waals surface area contributed by atoms with Crippen LogP contribution in [0.5, 0.6) is 0 Å². The molecule has 1 aliphatic heterocycles. The van der Waals surface area contributed by atoms with Gasteiger partial charge in [-0.05, 0) is 42.3 Å². The molecule has 1 unspecified atom stereocenters. The second kappa shape index (κ2) is 9.08. The average molecular weight is 478 g/mol. The lowest BCUT2D eigenvalue weighted by Crippen LogP contribution is -2.41. The molecule has 3 aromatic rings. The van der Waals surface area contributed by atoms with Gasteiger partial charge in [0.2, 0.25) is 21.8 Å². The van der Waals surface area contributed by atoms with Crippen LogP contribution < -0.4 is 21.1 Å². The van der Waals surface area contributed by atoms with E-state index < -0.39 is 16.1 Å². The first-order valence-electron chi connectivity index (χ1n) is 10.4. The maximum atomic E-state index is 13.0. The largest absolute Gasteiger partial charge is 0.384 e. The van der Waals surface area contributed by atoms with Crippen LogP contribution in [0.2, 0.25) is 0 Å². The van der Waals surface area contributed by atoms with E-state index >= 15 is 0 Å². The number of primary sulfonamides is 1. The Morgan fingerprint density at radius 2 is 1.74 bits per heavy atom. The van der Waals surface area contributed by atoms with Crippen molar-refractivity contribution in [2.45, 2.75) is 23.8 Å². The molecule has 1 aliphatic rings. The molecule has 174 valence electrons. The fraction of sp³-hybridized carbons (Fsp3) is 0.125. The predicted octanol–water partition coefficient (Wildman–Crippen LogP) is 2.42. The molecule has 0 spiro atoms. The summed E-state index contributed by atoms with van der Waals surface area (Å²) in [5, 5.41) is 15.8. The molecule has 0 bridgehead atoms. The number of nitrogens with zero attached hydrogens (tertiary/aromatic N) is 1. The minimum absolute atomic E-state index is 0.0136. The summed E-state index contributed by atoms with van der Waals surface area (Å²) in [5.41, 5.74) is 8.11. The van der Waals surface area contributed by atoms with Gasteiger partial charge in [0.05, 0.1) is 4.90 Å². The lowest BCUT2D eigenvalue weighted by atomic mass is 10.1. The Labute approximate surface area is 196 Å². The van der Waals surface area contributed by atoms with Gasteiger partial charge in [-0.2, -0.15) is 0 Å². The standard InChI is InChI=1S/C24H23N5O4S/c25-23(26)16-4-3-5-18(14-16)29-20(12-13-22(29)30)24(31)28-17-10-8-15(9-11-17)19-6-1-2-7-21(19)34(27,32)33/h1-11,14,20H,12-13H2,(H3,25,26)(H,28,31)(H2,27,32,33).